The summed E-state index contributed by atoms with van der Waals surface area (Å²) in [5.74, 6) is 0.568. The lowest BCUT2D eigenvalue weighted by Gasteiger charge is -2.12. The highest BCUT2D eigenvalue weighted by Crippen LogP contribution is 2.23. The SMILES string of the molecule is CC(C)CNC(=O)CSc1nc2sccc2c(=O)n1-c1ccccc1. The van der Waals surface area contributed by atoms with Crippen LogP contribution in [0.25, 0.3) is 15.9 Å². The Morgan fingerprint density at radius 2 is 2.04 bits per heavy atom. The molecule has 0 aliphatic rings. The van der Waals surface area contributed by atoms with Crippen molar-refractivity contribution < 1.29 is 4.79 Å². The van der Waals surface area contributed by atoms with Gasteiger partial charge in [0.15, 0.2) is 5.16 Å². The van der Waals surface area contributed by atoms with Crippen LogP contribution in [0.2, 0.25) is 0 Å². The van der Waals surface area contributed by atoms with Gasteiger partial charge in [0.1, 0.15) is 4.83 Å². The molecule has 130 valence electrons. The molecule has 0 fully saturated rings. The van der Waals surface area contributed by atoms with Crippen LogP contribution in [0, 0.1) is 5.92 Å². The number of thioether (sulfide) groups is 1. The monoisotopic (exact) mass is 373 g/mol. The van der Waals surface area contributed by atoms with E-state index in [1.807, 2.05) is 49.6 Å². The normalized spacial score (nSPS) is 11.2. The average molecular weight is 374 g/mol. The molecule has 1 N–H and O–H groups in total. The van der Waals surface area contributed by atoms with Gasteiger partial charge in [-0.3, -0.25) is 14.2 Å². The van der Waals surface area contributed by atoms with E-state index in [9.17, 15) is 9.59 Å². The fraction of sp³-hybridized carbons (Fsp3) is 0.278. The average Bonchev–Trinajstić information content (AvgIpc) is 3.08. The van der Waals surface area contributed by atoms with Crippen molar-refractivity contribution in [2.24, 2.45) is 5.92 Å². The van der Waals surface area contributed by atoms with Crippen LogP contribution in [0.1, 0.15) is 13.8 Å². The third kappa shape index (κ3) is 4.11. The lowest BCUT2D eigenvalue weighted by Crippen LogP contribution is -2.29. The Balaban J connectivity index is 1.93. The van der Waals surface area contributed by atoms with Crippen molar-refractivity contribution in [1.82, 2.24) is 14.9 Å². The quantitative estimate of drug-likeness (QED) is 0.532. The maximum absolute atomic E-state index is 12.9. The predicted octanol–water partition coefficient (Wildman–Crippen LogP) is 3.31. The molecule has 0 radical (unpaired) electrons. The second kappa shape index (κ2) is 7.84. The number of nitrogens with zero attached hydrogens (tertiary/aromatic N) is 2. The van der Waals surface area contributed by atoms with Crippen molar-refractivity contribution in [1.29, 1.82) is 0 Å². The summed E-state index contributed by atoms with van der Waals surface area (Å²) in [6.07, 6.45) is 0. The number of aromatic nitrogens is 2. The van der Waals surface area contributed by atoms with Gasteiger partial charge in [0.25, 0.3) is 5.56 Å². The molecule has 5 nitrogen and oxygen atoms in total. The molecule has 0 atom stereocenters. The largest absolute Gasteiger partial charge is 0.355 e. The number of thiophene rings is 1. The summed E-state index contributed by atoms with van der Waals surface area (Å²) in [6.45, 7) is 4.74. The predicted molar refractivity (Wildman–Crippen MR) is 104 cm³/mol. The molecule has 0 saturated heterocycles. The van der Waals surface area contributed by atoms with Crippen LogP contribution < -0.4 is 10.9 Å². The van der Waals surface area contributed by atoms with Crippen molar-refractivity contribution >= 4 is 39.2 Å². The van der Waals surface area contributed by atoms with Crippen LogP contribution in [0.5, 0.6) is 0 Å². The van der Waals surface area contributed by atoms with Gasteiger partial charge < -0.3 is 5.32 Å². The van der Waals surface area contributed by atoms with Gasteiger partial charge in [0, 0.05) is 6.54 Å². The number of nitrogens with one attached hydrogen (secondary N) is 1. The molecule has 0 aliphatic carbocycles. The van der Waals surface area contributed by atoms with Gasteiger partial charge in [-0.05, 0) is 29.5 Å². The molecular weight excluding hydrogens is 354 g/mol. The lowest BCUT2D eigenvalue weighted by atomic mass is 10.2. The number of rotatable bonds is 6. The Bertz CT molecular complexity index is 932. The summed E-state index contributed by atoms with van der Waals surface area (Å²) in [6, 6.07) is 11.2. The van der Waals surface area contributed by atoms with Gasteiger partial charge >= 0.3 is 0 Å². The van der Waals surface area contributed by atoms with E-state index < -0.39 is 0 Å². The first-order chi connectivity index (χ1) is 12.1. The highest BCUT2D eigenvalue weighted by molar-refractivity contribution is 7.99. The van der Waals surface area contributed by atoms with Crippen molar-refractivity contribution in [3.63, 3.8) is 0 Å². The number of benzene rings is 1. The molecule has 0 aliphatic heterocycles. The number of hydrogen-bond acceptors (Lipinski definition) is 5. The van der Waals surface area contributed by atoms with E-state index in [-0.39, 0.29) is 17.2 Å². The molecule has 3 rings (SSSR count). The summed E-state index contributed by atoms with van der Waals surface area (Å²) in [5, 5.41) is 5.88. The maximum atomic E-state index is 12.9. The van der Waals surface area contributed by atoms with Crippen molar-refractivity contribution in [2.75, 3.05) is 12.3 Å². The molecule has 3 aromatic rings. The molecule has 7 heteroatoms. The highest BCUT2D eigenvalue weighted by atomic mass is 32.2. The van der Waals surface area contributed by atoms with Crippen LogP contribution in [0.4, 0.5) is 0 Å². The standard InChI is InChI=1S/C18H19N3O2S2/c1-12(2)10-19-15(22)11-25-18-20-16-14(8-9-24-16)17(23)21(18)13-6-4-3-5-7-13/h3-9,12H,10-11H2,1-2H3,(H,19,22). The summed E-state index contributed by atoms with van der Waals surface area (Å²) in [7, 11) is 0. The second-order valence-electron chi connectivity index (χ2n) is 6.00. The zero-order chi connectivity index (χ0) is 17.8. The van der Waals surface area contributed by atoms with Crippen LogP contribution in [-0.4, -0.2) is 27.8 Å². The van der Waals surface area contributed by atoms with Crippen LogP contribution in [-0.2, 0) is 4.79 Å². The third-order valence-electron chi connectivity index (χ3n) is 3.52. The van der Waals surface area contributed by atoms with E-state index in [0.717, 1.165) is 5.69 Å². The van der Waals surface area contributed by atoms with Crippen molar-refractivity contribution in [3.8, 4) is 5.69 Å². The van der Waals surface area contributed by atoms with E-state index in [0.29, 0.717) is 27.8 Å². The van der Waals surface area contributed by atoms with E-state index >= 15 is 0 Å². The first-order valence-corrected chi connectivity index (χ1v) is 9.88. The van der Waals surface area contributed by atoms with Crippen molar-refractivity contribution in [3.05, 3.63) is 52.1 Å². The van der Waals surface area contributed by atoms with Gasteiger partial charge in [-0.1, -0.05) is 43.8 Å². The summed E-state index contributed by atoms with van der Waals surface area (Å²) < 4.78 is 1.58. The Kier molecular flexibility index (Phi) is 5.55. The molecule has 2 aromatic heterocycles. The van der Waals surface area contributed by atoms with Crippen LogP contribution in [0.3, 0.4) is 0 Å². The molecule has 0 unspecified atom stereocenters. The molecule has 0 spiro atoms. The number of carbonyl (C=O) groups is 1. The zero-order valence-corrected chi connectivity index (χ0v) is 15.7. The van der Waals surface area contributed by atoms with Gasteiger partial charge in [0.2, 0.25) is 5.91 Å². The summed E-state index contributed by atoms with van der Waals surface area (Å²) >= 11 is 2.71. The Morgan fingerprint density at radius 3 is 2.76 bits per heavy atom. The fourth-order valence-corrected chi connectivity index (χ4v) is 3.94. The molecule has 1 amide bonds. The third-order valence-corrected chi connectivity index (χ3v) is 5.27. The van der Waals surface area contributed by atoms with Crippen LogP contribution in [0.15, 0.2) is 51.7 Å². The molecule has 0 saturated carbocycles. The van der Waals surface area contributed by atoms with Crippen LogP contribution >= 0.6 is 23.1 Å². The summed E-state index contributed by atoms with van der Waals surface area (Å²) in [5.41, 5.74) is 0.640. The topological polar surface area (TPSA) is 64.0 Å². The summed E-state index contributed by atoms with van der Waals surface area (Å²) in [4.78, 5) is 30.2. The van der Waals surface area contributed by atoms with E-state index in [4.69, 9.17) is 0 Å². The number of hydrogen-bond donors (Lipinski definition) is 1. The minimum absolute atomic E-state index is 0.0566. The molecular formula is C18H19N3O2S2. The fourth-order valence-electron chi connectivity index (χ4n) is 2.30. The molecule has 0 bridgehead atoms. The first-order valence-electron chi connectivity index (χ1n) is 8.01. The van der Waals surface area contributed by atoms with E-state index in [1.54, 1.807) is 10.6 Å². The maximum Gasteiger partial charge on any atom is 0.267 e. The van der Waals surface area contributed by atoms with Gasteiger partial charge in [-0.25, -0.2) is 4.98 Å². The Morgan fingerprint density at radius 1 is 1.28 bits per heavy atom. The van der Waals surface area contributed by atoms with E-state index in [2.05, 4.69) is 10.3 Å². The Labute approximate surface area is 154 Å². The number of carbonyl (C=O) groups excluding carboxylic acids is 1. The smallest absolute Gasteiger partial charge is 0.267 e. The number of fused-ring (bicyclic) bond motifs is 1. The molecule has 1 aromatic carbocycles. The first kappa shape index (κ1) is 17.7. The molecule has 2 heterocycles. The minimum Gasteiger partial charge on any atom is -0.355 e. The van der Waals surface area contributed by atoms with Crippen molar-refractivity contribution in [2.45, 2.75) is 19.0 Å². The number of para-hydroxylation sites is 1. The van der Waals surface area contributed by atoms with Gasteiger partial charge in [-0.2, -0.15) is 0 Å². The second-order valence-corrected chi connectivity index (χ2v) is 7.83. The van der Waals surface area contributed by atoms with Gasteiger partial charge in [0.05, 0.1) is 16.8 Å². The van der Waals surface area contributed by atoms with Gasteiger partial charge in [-0.15, -0.1) is 11.3 Å². The molecule has 25 heavy (non-hydrogen) atoms. The lowest BCUT2D eigenvalue weighted by molar-refractivity contribution is -0.118. The minimum atomic E-state index is -0.109. The highest BCUT2D eigenvalue weighted by Gasteiger charge is 2.15. The Hall–Kier alpha value is -2.12. The zero-order valence-electron chi connectivity index (χ0n) is 14.1. The number of amides is 1. The van der Waals surface area contributed by atoms with E-state index in [1.165, 1.54) is 23.1 Å².